The summed E-state index contributed by atoms with van der Waals surface area (Å²) >= 11 is 0. The molecule has 0 bridgehead atoms. The first kappa shape index (κ1) is 57.4. The van der Waals surface area contributed by atoms with Crippen molar-refractivity contribution in [3.63, 3.8) is 0 Å². The summed E-state index contributed by atoms with van der Waals surface area (Å²) < 4.78 is 28.3. The number of halogens is 2. The number of nitrogens with one attached hydrogen (secondary N) is 1. The lowest BCUT2D eigenvalue weighted by molar-refractivity contribution is -0.193. The van der Waals surface area contributed by atoms with E-state index in [1.807, 2.05) is 32.1 Å². The average molecular weight is 1100 g/mol. The van der Waals surface area contributed by atoms with Gasteiger partial charge in [0.1, 0.15) is 0 Å². The van der Waals surface area contributed by atoms with Gasteiger partial charge in [0.25, 0.3) is 5.91 Å². The summed E-state index contributed by atoms with van der Waals surface area (Å²) in [4.78, 5) is 78.7. The van der Waals surface area contributed by atoms with Crippen molar-refractivity contribution in [2.75, 3.05) is 13.1 Å². The lowest BCUT2D eigenvalue weighted by Gasteiger charge is -2.69. The fraction of sp³-hybridized carbons (Fsp3) is 0.779. The van der Waals surface area contributed by atoms with Crippen LogP contribution in [0, 0.1) is 115 Å². The van der Waals surface area contributed by atoms with Gasteiger partial charge in [-0.2, -0.15) is 8.78 Å². The highest BCUT2D eigenvalue weighted by Gasteiger charge is 2.73. The number of carbonyl (C=O) groups is 5. The quantitative estimate of drug-likeness (QED) is 0.271. The highest BCUT2D eigenvalue weighted by atomic mass is 19.3. The number of aliphatic hydroxyl groups is 1. The number of alkyl halides is 2. The van der Waals surface area contributed by atoms with Crippen molar-refractivity contribution in [1.29, 1.82) is 0 Å². The maximum absolute atomic E-state index is 14.6. The molecule has 10 nitrogen and oxygen atoms in total. The molecule has 12 rings (SSSR count). The Hall–Kier alpha value is -4.45. The number of hydrogen-bond donors (Lipinski definition) is 2. The number of allylic oxidation sites excluding steroid dienone is 8. The molecule has 7 saturated carbocycles. The second kappa shape index (κ2) is 17.8. The monoisotopic (exact) mass is 1100 g/mol. The van der Waals surface area contributed by atoms with Gasteiger partial charge in [0.05, 0.1) is 24.3 Å². The van der Waals surface area contributed by atoms with E-state index < -0.39 is 39.0 Å². The predicted octanol–water partition coefficient (Wildman–Crippen LogP) is 14.6. The number of fused-ring (bicyclic) bond motifs is 14. The molecule has 0 aromatic rings. The third kappa shape index (κ3) is 7.68. The zero-order valence-corrected chi connectivity index (χ0v) is 50.6. The van der Waals surface area contributed by atoms with Gasteiger partial charge in [0.15, 0.2) is 17.3 Å². The number of Topliss-reactive ketones (excluding diaryl/α,β-unsaturated/α-hetero) is 1. The molecular weight excluding hydrogens is 1010 g/mol. The molecule has 0 unspecified atom stereocenters. The minimum absolute atomic E-state index is 0.0342. The van der Waals surface area contributed by atoms with E-state index in [0.717, 1.165) is 88.4 Å². The first-order valence-corrected chi connectivity index (χ1v) is 31.0. The predicted molar refractivity (Wildman–Crippen MR) is 304 cm³/mol. The van der Waals surface area contributed by atoms with Gasteiger partial charge in [0.2, 0.25) is 17.3 Å². The number of nitrogens with zero attached hydrogens (tertiary/aromatic N) is 3. The highest BCUT2D eigenvalue weighted by molar-refractivity contribution is 6.01. The molecule has 434 valence electrons. The van der Waals surface area contributed by atoms with Gasteiger partial charge in [-0.1, -0.05) is 107 Å². The zero-order valence-electron chi connectivity index (χ0n) is 50.6. The number of rotatable bonds is 3. The molecule has 16 atom stereocenters. The summed E-state index contributed by atoms with van der Waals surface area (Å²) in [7, 11) is 0. The lowest BCUT2D eigenvalue weighted by atomic mass is 9.34. The van der Waals surface area contributed by atoms with Gasteiger partial charge in [-0.25, -0.2) is 9.69 Å². The number of aliphatic hydroxyl groups excluding tert-OH is 1. The highest BCUT2D eigenvalue weighted by Crippen LogP contribution is 2.76. The Bertz CT molecular complexity index is 2970. The Kier molecular flexibility index (Phi) is 12.8. The smallest absolute Gasteiger partial charge is 0.321 e. The van der Waals surface area contributed by atoms with Crippen molar-refractivity contribution in [3.8, 4) is 0 Å². The summed E-state index contributed by atoms with van der Waals surface area (Å²) in [5, 5.41) is 13.6. The van der Waals surface area contributed by atoms with Crippen molar-refractivity contribution >= 4 is 29.2 Å². The van der Waals surface area contributed by atoms with Gasteiger partial charge in [-0.15, -0.1) is 0 Å². The first-order chi connectivity index (χ1) is 37.0. The molecule has 0 radical (unpaired) electrons. The standard InChI is InChI=1S/C36H48N2O3.C32H44F2N2O3/c1-22-23-9-12-33(5)27(32(23,4)19-25(37-7)29(22)40)17-26(39)28-24-18-31(2,3)13-15-36(24,16-14-34(28,33)6)30(41)38-20-35(21-38)10-8-11-35;1-18-19-9-10-29(5)23(28(19,4)17-21(35-8)25(18)38)15-22(37)24-20-16-27(2,3)11-13-32(20,14-12-30(24,29)6)36-26(39)31(7,33)34/h17,19,22-24,28H,8-16,18,20-21H2,1-6H3;15,18-20,24,38H,9-14,16-17H2,1-7H3,(H,36,39)/t22-,23-,24-,28-,32-,33+,34+,36-;18-,19-,20-,24-,28-,29+,30+,32-/m00/s1. The Morgan fingerprint density at radius 2 is 1.20 bits per heavy atom. The fourth-order valence-corrected chi connectivity index (χ4v) is 21.9. The molecule has 1 heterocycles. The lowest BCUT2D eigenvalue weighted by Crippen LogP contribution is -2.70. The molecule has 8 fully saturated rings. The Morgan fingerprint density at radius 1 is 0.675 bits per heavy atom. The van der Waals surface area contributed by atoms with Crippen molar-refractivity contribution in [2.45, 2.75) is 217 Å². The summed E-state index contributed by atoms with van der Waals surface area (Å²) in [5.41, 5.74) is -0.0161. The van der Waals surface area contributed by atoms with Crippen molar-refractivity contribution in [3.05, 3.63) is 69.4 Å². The van der Waals surface area contributed by atoms with Gasteiger partial charge >= 0.3 is 5.92 Å². The maximum Gasteiger partial charge on any atom is 0.321 e. The SMILES string of the molecule is [C-]#[N+]C1=C(O)[C@@H](C)[C@@H]2CC[C@]3(C)C(=CC(=O)[C@@H]4[C@@H]5CC(C)(C)CC[C@]5(NC(=O)C(C)(F)F)CC[C@]43C)[C@@]2(C)C1.[C-]#[N+]C1=C[C@]2(C)C3=CC(=O)[C@@H]4[C@@H]5CC(C)(C)CC[C@]5(C(=O)N5CC6(CCC6)C5)CC[C@@]4(C)[C@]3(C)CC[C@H]2[C@H](C)C1=O. The van der Waals surface area contributed by atoms with Crippen LogP contribution in [0.2, 0.25) is 0 Å². The van der Waals surface area contributed by atoms with E-state index in [1.54, 1.807) is 0 Å². The van der Waals surface area contributed by atoms with Gasteiger partial charge in [-0.3, -0.25) is 19.2 Å². The number of hydrogen-bond acceptors (Lipinski definition) is 6. The van der Waals surface area contributed by atoms with Crippen LogP contribution >= 0.6 is 0 Å². The number of ketones is 3. The van der Waals surface area contributed by atoms with Crippen LogP contribution < -0.4 is 5.32 Å². The molecule has 1 spiro atoms. The van der Waals surface area contributed by atoms with E-state index >= 15 is 0 Å². The molecule has 1 aliphatic heterocycles. The maximum atomic E-state index is 14.6. The molecule has 80 heavy (non-hydrogen) atoms. The first-order valence-electron chi connectivity index (χ1n) is 31.0. The van der Waals surface area contributed by atoms with Crippen molar-refractivity contribution < 1.29 is 37.9 Å². The minimum Gasteiger partial charge on any atom is -0.523 e. The van der Waals surface area contributed by atoms with E-state index in [4.69, 9.17) is 13.1 Å². The van der Waals surface area contributed by atoms with Gasteiger partial charge in [0, 0.05) is 60.1 Å². The van der Waals surface area contributed by atoms with Gasteiger partial charge in [-0.05, 0) is 183 Å². The van der Waals surface area contributed by atoms with Crippen LogP contribution in [0.1, 0.15) is 206 Å². The fourth-order valence-electron chi connectivity index (χ4n) is 21.9. The van der Waals surface area contributed by atoms with E-state index in [9.17, 15) is 37.9 Å². The molecule has 0 aromatic heterocycles. The summed E-state index contributed by atoms with van der Waals surface area (Å²) in [6, 6.07) is 0. The second-order valence-electron chi connectivity index (χ2n) is 32.2. The molecular formula is C68H92F2N4O6. The summed E-state index contributed by atoms with van der Waals surface area (Å²) in [6.45, 7) is 44.5. The minimum atomic E-state index is -3.48. The third-order valence-corrected chi connectivity index (χ3v) is 27.2. The number of likely N-dealkylation sites (tertiary alicyclic amines) is 1. The summed E-state index contributed by atoms with van der Waals surface area (Å²) in [5.74, 6) is -4.83. The zero-order chi connectivity index (χ0) is 58.4. The average Bonchev–Trinajstić information content (AvgIpc) is 3.55. The largest absolute Gasteiger partial charge is 0.523 e. The molecule has 12 aliphatic rings. The number of amides is 2. The van der Waals surface area contributed by atoms with E-state index in [-0.39, 0.29) is 103 Å². The van der Waals surface area contributed by atoms with Crippen LogP contribution in [0.25, 0.3) is 9.69 Å². The molecule has 1 saturated heterocycles. The molecule has 12 heteroatoms. The van der Waals surface area contributed by atoms with Gasteiger partial charge < -0.3 is 20.1 Å². The number of carbonyl (C=O) groups excluding carboxylic acids is 5. The summed E-state index contributed by atoms with van der Waals surface area (Å²) in [6.07, 6.45) is 21.6. The van der Waals surface area contributed by atoms with Crippen LogP contribution in [0.5, 0.6) is 0 Å². The van der Waals surface area contributed by atoms with Crippen LogP contribution in [0.15, 0.2) is 46.5 Å². The Balaban J connectivity index is 0.000000169. The van der Waals surface area contributed by atoms with Crippen molar-refractivity contribution in [2.24, 2.45) is 101 Å². The Morgan fingerprint density at radius 3 is 1.77 bits per heavy atom. The van der Waals surface area contributed by atoms with Crippen LogP contribution in [-0.2, 0) is 24.0 Å². The molecule has 2 N–H and O–H groups in total. The Labute approximate surface area is 476 Å². The third-order valence-electron chi connectivity index (χ3n) is 27.2. The van der Waals surface area contributed by atoms with Crippen LogP contribution in [0.4, 0.5) is 8.78 Å². The molecule has 0 aromatic carbocycles. The second-order valence-corrected chi connectivity index (χ2v) is 32.2. The van der Waals surface area contributed by atoms with Crippen LogP contribution in [0.3, 0.4) is 0 Å². The van der Waals surface area contributed by atoms with E-state index in [0.29, 0.717) is 56.0 Å². The van der Waals surface area contributed by atoms with E-state index in [2.05, 4.69) is 89.1 Å². The normalized spacial score (nSPS) is 46.2. The molecule has 2 amide bonds. The van der Waals surface area contributed by atoms with E-state index in [1.165, 1.54) is 19.3 Å². The topological polar surface area (TPSA) is 130 Å². The van der Waals surface area contributed by atoms with Crippen LogP contribution in [-0.4, -0.2) is 63.7 Å². The molecule has 11 aliphatic carbocycles. The van der Waals surface area contributed by atoms with Crippen molar-refractivity contribution in [1.82, 2.24) is 10.2 Å².